The Balaban J connectivity index is 1.50. The van der Waals surface area contributed by atoms with Gasteiger partial charge in [-0.2, -0.15) is 0 Å². The molecule has 0 unspecified atom stereocenters. The van der Waals surface area contributed by atoms with E-state index in [-0.39, 0.29) is 0 Å². The summed E-state index contributed by atoms with van der Waals surface area (Å²) in [6.07, 6.45) is 0. The van der Waals surface area contributed by atoms with Crippen LogP contribution in [-0.2, 0) is 0 Å². The average Bonchev–Trinajstić information content (AvgIpc) is 3.74. The zero-order valence-electron chi connectivity index (χ0n) is 21.8. The fourth-order valence-corrected chi connectivity index (χ4v) is 14.2. The van der Waals surface area contributed by atoms with Crippen molar-refractivity contribution in [2.24, 2.45) is 30.0 Å². The molecule has 0 radical (unpaired) electrons. The van der Waals surface area contributed by atoms with Crippen molar-refractivity contribution in [3.05, 3.63) is 130 Å². The third-order valence-corrected chi connectivity index (χ3v) is 16.3. The summed E-state index contributed by atoms with van der Waals surface area (Å²) in [6.45, 7) is 0. The van der Waals surface area contributed by atoms with Crippen LogP contribution in [0, 0.1) is 0 Å². The van der Waals surface area contributed by atoms with Gasteiger partial charge in [-0.25, -0.2) is 0 Å². The number of benzene rings is 4. The van der Waals surface area contributed by atoms with E-state index in [1.54, 1.807) is 0 Å². The fourth-order valence-electron chi connectivity index (χ4n) is 6.37. The maximum absolute atomic E-state index is 5.29. The van der Waals surface area contributed by atoms with Gasteiger partial charge in [-0.1, -0.05) is 0 Å². The molecule has 0 atom stereocenters. The fraction of sp³-hybridized carbons (Fsp3) is 0. The molecular formula is C32H16BrGaN8. The first kappa shape index (κ1) is 23.0. The van der Waals surface area contributed by atoms with E-state index in [1.807, 2.05) is 24.3 Å². The van der Waals surface area contributed by atoms with E-state index in [0.717, 1.165) is 66.4 Å². The molecule has 4 aliphatic rings. The molecule has 10 heteroatoms. The van der Waals surface area contributed by atoms with E-state index in [0.29, 0.717) is 23.3 Å². The van der Waals surface area contributed by atoms with Crippen molar-refractivity contribution in [3.8, 4) is 0 Å². The van der Waals surface area contributed by atoms with Gasteiger partial charge in [-0.05, 0) is 0 Å². The quantitative estimate of drug-likeness (QED) is 0.198. The average molecular weight is 662 g/mol. The number of aromatic nitrogens is 2. The van der Waals surface area contributed by atoms with Crippen LogP contribution in [0.15, 0.2) is 127 Å². The molecule has 0 saturated carbocycles. The number of hydrogen-bond donors (Lipinski definition) is 0. The van der Waals surface area contributed by atoms with E-state index < -0.39 is 14.7 Å². The second kappa shape index (κ2) is 8.22. The van der Waals surface area contributed by atoms with Crippen molar-refractivity contribution in [1.82, 2.24) is 6.55 Å². The molecule has 0 N–H and O–H groups in total. The molecule has 0 fully saturated rings. The molecule has 0 saturated heterocycles. The second-order valence-electron chi connectivity index (χ2n) is 10.5. The summed E-state index contributed by atoms with van der Waals surface area (Å²) in [5.74, 6) is 4.28. The maximum atomic E-state index is 5.29. The molecule has 0 spiro atoms. The van der Waals surface area contributed by atoms with Gasteiger partial charge in [0.1, 0.15) is 0 Å². The van der Waals surface area contributed by atoms with E-state index in [2.05, 4.69) is 92.9 Å². The molecule has 6 heterocycles. The van der Waals surface area contributed by atoms with Crippen LogP contribution in [0.5, 0.6) is 0 Å². The van der Waals surface area contributed by atoms with Gasteiger partial charge < -0.3 is 0 Å². The number of fused-ring (bicyclic) bond motifs is 14. The molecule has 0 amide bonds. The molecule has 2 aromatic heterocycles. The van der Waals surface area contributed by atoms with Crippen LogP contribution in [0.2, 0.25) is 0 Å². The summed E-state index contributed by atoms with van der Waals surface area (Å²) >= 11 is 1.25. The summed E-state index contributed by atoms with van der Waals surface area (Å²) in [7, 11) is 0. The van der Waals surface area contributed by atoms with Gasteiger partial charge in [-0.3, -0.25) is 0 Å². The molecule has 6 bridgehead atoms. The number of rotatable bonds is 0. The van der Waals surface area contributed by atoms with Gasteiger partial charge in [0.15, 0.2) is 0 Å². The summed E-state index contributed by atoms with van der Waals surface area (Å²) in [5, 5.41) is 4.07. The van der Waals surface area contributed by atoms with Gasteiger partial charge in [0.2, 0.25) is 0 Å². The summed E-state index contributed by atoms with van der Waals surface area (Å²) < 4.78 is 4.61. The van der Waals surface area contributed by atoms with Gasteiger partial charge in [0.05, 0.1) is 0 Å². The number of amidine groups is 4. The van der Waals surface area contributed by atoms with Crippen molar-refractivity contribution in [3.63, 3.8) is 0 Å². The Labute approximate surface area is 250 Å². The first-order valence-electron chi connectivity index (χ1n) is 13.6. The first-order chi connectivity index (χ1) is 20.7. The van der Waals surface area contributed by atoms with Crippen molar-refractivity contribution in [2.75, 3.05) is 0 Å². The minimum absolute atomic E-state index is 0.656. The Morgan fingerprint density at radius 2 is 0.762 bits per heavy atom. The van der Waals surface area contributed by atoms with Gasteiger partial charge in [-0.15, -0.1) is 0 Å². The van der Waals surface area contributed by atoms with Crippen LogP contribution in [0.4, 0.5) is 11.6 Å². The van der Waals surface area contributed by atoms with E-state index in [9.17, 15) is 0 Å². The predicted molar refractivity (Wildman–Crippen MR) is 170 cm³/mol. The van der Waals surface area contributed by atoms with Gasteiger partial charge in [0, 0.05) is 0 Å². The standard InChI is InChI=1S/C32H16N8.BrH.Ga/c1-2-10-18-17(9-1)25-33-26(18)38-28-21-13-5-6-14-22(21)30(35-28)40-32-24-16-8-7-15-23(24)31(36-32)39-29-20-12-4-3-11-19(20)27(34-29)37-25;;/h1-16H;1H;/q-2;;+3/p-1. The summed E-state index contributed by atoms with van der Waals surface area (Å²) in [5.41, 5.74) is 5.53. The van der Waals surface area contributed by atoms with Crippen molar-refractivity contribution in [2.45, 2.75) is 0 Å². The topological polar surface area (TPSA) is 84.0 Å². The number of halogens is 1. The van der Waals surface area contributed by atoms with Crippen LogP contribution < -0.4 is 11.0 Å². The predicted octanol–water partition coefficient (Wildman–Crippen LogP) is 5.32. The third-order valence-electron chi connectivity index (χ3n) is 8.25. The summed E-state index contributed by atoms with van der Waals surface area (Å²) in [4.78, 5) is 31.2. The molecule has 42 heavy (non-hydrogen) atoms. The van der Waals surface area contributed by atoms with Crippen LogP contribution >= 0.6 is 13.6 Å². The second-order valence-corrected chi connectivity index (χ2v) is 18.2. The molecule has 4 aliphatic heterocycles. The number of aliphatic imine (C=N–C) groups is 4. The van der Waals surface area contributed by atoms with Crippen molar-refractivity contribution in [1.29, 1.82) is 0 Å². The van der Waals surface area contributed by atoms with E-state index in [4.69, 9.17) is 30.0 Å². The zero-order chi connectivity index (χ0) is 27.5. The molecule has 10 rings (SSSR count). The Morgan fingerprint density at radius 1 is 0.405 bits per heavy atom. The van der Waals surface area contributed by atoms with Gasteiger partial charge in [0.25, 0.3) is 0 Å². The summed E-state index contributed by atoms with van der Waals surface area (Å²) in [6, 6.07) is 33.1. The molecule has 194 valence electrons. The van der Waals surface area contributed by atoms with Crippen LogP contribution in [-0.4, -0.2) is 44.6 Å². The van der Waals surface area contributed by atoms with Crippen LogP contribution in [0.25, 0.3) is 21.5 Å². The molecular weight excluding hydrogens is 646 g/mol. The van der Waals surface area contributed by atoms with Crippen LogP contribution in [0.3, 0.4) is 0 Å². The van der Waals surface area contributed by atoms with E-state index in [1.165, 1.54) is 0 Å². The SMILES string of the molecule is [Br][Ga]1[n]2c3c4ccccc4c2N=C2N=C(N=c4c5ccccc5c([n]41)=NC1=NC(=N3)c3ccccc31)c1ccccc12. The molecule has 8 nitrogen and oxygen atoms in total. The van der Waals surface area contributed by atoms with Gasteiger partial charge >= 0.3 is 252 Å². The Morgan fingerprint density at radius 3 is 1.19 bits per heavy atom. The van der Waals surface area contributed by atoms with Crippen molar-refractivity contribution < 1.29 is 0 Å². The molecule has 0 aliphatic carbocycles. The normalized spacial score (nSPS) is 15.7. The third kappa shape index (κ3) is 2.93. The van der Waals surface area contributed by atoms with Crippen molar-refractivity contribution >= 4 is 84.8 Å². The zero-order valence-corrected chi connectivity index (χ0v) is 25.8. The Hall–Kier alpha value is -4.64. The number of nitrogens with zero attached hydrogens (tertiary/aromatic N) is 8. The Bertz CT molecular complexity index is 2330. The molecule has 6 aromatic rings. The Kier molecular flexibility index (Phi) is 4.50. The number of hydrogen-bond acceptors (Lipinski definition) is 6. The first-order valence-corrected chi connectivity index (χ1v) is 21.5. The van der Waals surface area contributed by atoms with E-state index >= 15 is 0 Å². The molecule has 4 aromatic carbocycles. The monoisotopic (exact) mass is 660 g/mol. The van der Waals surface area contributed by atoms with Crippen LogP contribution in [0.1, 0.15) is 22.3 Å². The minimum atomic E-state index is -3.04.